The molecule has 0 spiro atoms. The van der Waals surface area contributed by atoms with E-state index in [1.807, 2.05) is 13.8 Å². The Morgan fingerprint density at radius 2 is 1.83 bits per heavy atom. The van der Waals surface area contributed by atoms with E-state index in [0.717, 1.165) is 0 Å². The van der Waals surface area contributed by atoms with E-state index in [-0.39, 0.29) is 11.9 Å². The molecule has 0 radical (unpaired) electrons. The van der Waals surface area contributed by atoms with Crippen molar-refractivity contribution >= 4 is 11.9 Å². The Morgan fingerprint density at radius 1 is 1.33 bits per heavy atom. The highest BCUT2D eigenvalue weighted by molar-refractivity contribution is 5.78. The van der Waals surface area contributed by atoms with E-state index in [2.05, 4.69) is 4.74 Å². The summed E-state index contributed by atoms with van der Waals surface area (Å²) in [7, 11) is 1.31. The monoisotopic (exact) mass is 170 g/mol. The maximum atomic E-state index is 11.0. The van der Waals surface area contributed by atoms with Gasteiger partial charge in [-0.1, -0.05) is 13.8 Å². The fourth-order valence-corrected chi connectivity index (χ4v) is 1.01. The maximum absolute atomic E-state index is 11.0. The van der Waals surface area contributed by atoms with E-state index in [1.54, 1.807) is 12.9 Å². The van der Waals surface area contributed by atoms with Crippen molar-refractivity contribution in [1.82, 2.24) is 0 Å². The molecule has 0 aromatic rings. The second kappa shape index (κ2) is 4.73. The topological polar surface area (TPSA) is 43.4 Å². The lowest BCUT2D eigenvalue weighted by Gasteiger charge is -2.12. The Kier molecular flexibility index (Phi) is 4.30. The first-order valence-corrected chi connectivity index (χ1v) is 3.87. The fraction of sp³-hybridized carbons (Fsp3) is 0.667. The van der Waals surface area contributed by atoms with Crippen molar-refractivity contribution in [3.05, 3.63) is 5.57 Å². The summed E-state index contributed by atoms with van der Waals surface area (Å²) in [6, 6.07) is 0. The first-order valence-electron chi connectivity index (χ1n) is 3.87. The van der Waals surface area contributed by atoms with Crippen LogP contribution in [-0.2, 0) is 14.3 Å². The van der Waals surface area contributed by atoms with Crippen molar-refractivity contribution in [3.8, 4) is 0 Å². The quantitative estimate of drug-likeness (QED) is 0.472. The number of carbonyl (C=O) groups excluding carboxylic acids is 2. The van der Waals surface area contributed by atoms with Gasteiger partial charge in [-0.05, 0) is 12.8 Å². The predicted octanol–water partition coefficient (Wildman–Crippen LogP) is 1.21. The summed E-state index contributed by atoms with van der Waals surface area (Å²) >= 11 is 0. The minimum Gasteiger partial charge on any atom is -0.469 e. The van der Waals surface area contributed by atoms with Gasteiger partial charge in [-0.15, -0.1) is 0 Å². The number of carbonyl (C=O) groups is 1. The Bertz CT molecular complexity index is 212. The van der Waals surface area contributed by atoms with E-state index < -0.39 is 5.92 Å². The molecule has 0 fully saturated rings. The van der Waals surface area contributed by atoms with Crippen LogP contribution in [0.15, 0.2) is 5.57 Å². The number of methoxy groups -OCH3 is 1. The fourth-order valence-electron chi connectivity index (χ4n) is 1.01. The van der Waals surface area contributed by atoms with Crippen molar-refractivity contribution < 1.29 is 14.3 Å². The highest BCUT2D eigenvalue weighted by Crippen LogP contribution is 2.17. The lowest BCUT2D eigenvalue weighted by atomic mass is 9.93. The smallest absolute Gasteiger partial charge is 0.313 e. The van der Waals surface area contributed by atoms with Gasteiger partial charge in [0.05, 0.1) is 13.0 Å². The third kappa shape index (κ3) is 2.51. The van der Waals surface area contributed by atoms with Crippen LogP contribution in [0.2, 0.25) is 0 Å². The molecule has 0 aliphatic rings. The van der Waals surface area contributed by atoms with Crippen LogP contribution >= 0.6 is 0 Å². The van der Waals surface area contributed by atoms with Crippen LogP contribution in [0.5, 0.6) is 0 Å². The summed E-state index contributed by atoms with van der Waals surface area (Å²) in [5.74, 6) is 0.955. The van der Waals surface area contributed by atoms with Gasteiger partial charge >= 0.3 is 5.97 Å². The number of hydrogen-bond donors (Lipinski definition) is 0. The van der Waals surface area contributed by atoms with E-state index in [4.69, 9.17) is 0 Å². The minimum atomic E-state index is -0.479. The molecule has 0 saturated heterocycles. The van der Waals surface area contributed by atoms with Gasteiger partial charge in [0.1, 0.15) is 5.94 Å². The molecule has 0 amide bonds. The van der Waals surface area contributed by atoms with Crippen molar-refractivity contribution in [2.24, 2.45) is 11.8 Å². The molecule has 0 aromatic heterocycles. The van der Waals surface area contributed by atoms with Crippen molar-refractivity contribution in [1.29, 1.82) is 0 Å². The largest absolute Gasteiger partial charge is 0.469 e. The second-order valence-corrected chi connectivity index (χ2v) is 2.96. The van der Waals surface area contributed by atoms with Crippen molar-refractivity contribution in [2.75, 3.05) is 7.11 Å². The summed E-state index contributed by atoms with van der Waals surface area (Å²) < 4.78 is 4.51. The summed E-state index contributed by atoms with van der Waals surface area (Å²) in [5.41, 5.74) is 0.460. The molecule has 0 rings (SSSR count). The van der Waals surface area contributed by atoms with Gasteiger partial charge in [0.25, 0.3) is 0 Å². The van der Waals surface area contributed by atoms with Crippen LogP contribution < -0.4 is 0 Å². The van der Waals surface area contributed by atoms with Crippen LogP contribution in [0.25, 0.3) is 0 Å². The molecule has 68 valence electrons. The summed E-state index contributed by atoms with van der Waals surface area (Å²) in [4.78, 5) is 21.4. The molecular formula is C9H14O3. The van der Waals surface area contributed by atoms with Crippen LogP contribution in [0.3, 0.4) is 0 Å². The zero-order chi connectivity index (χ0) is 9.72. The van der Waals surface area contributed by atoms with Gasteiger partial charge in [0.2, 0.25) is 0 Å². The lowest BCUT2D eigenvalue weighted by Crippen LogP contribution is -2.18. The zero-order valence-corrected chi connectivity index (χ0v) is 7.88. The van der Waals surface area contributed by atoms with Crippen molar-refractivity contribution in [3.63, 3.8) is 0 Å². The molecule has 0 heterocycles. The van der Waals surface area contributed by atoms with Crippen LogP contribution in [0.4, 0.5) is 0 Å². The van der Waals surface area contributed by atoms with E-state index in [0.29, 0.717) is 5.57 Å². The van der Waals surface area contributed by atoms with Crippen LogP contribution in [-0.4, -0.2) is 19.0 Å². The minimum absolute atomic E-state index is 0.0385. The Balaban J connectivity index is 4.55. The van der Waals surface area contributed by atoms with E-state index in [9.17, 15) is 9.59 Å². The van der Waals surface area contributed by atoms with Crippen molar-refractivity contribution in [2.45, 2.75) is 20.8 Å². The van der Waals surface area contributed by atoms with E-state index in [1.165, 1.54) is 7.11 Å². The standard InChI is InChI=1S/C9H14O3/c1-6(2)8(5-10)7(3)9(11)12-4/h6-7H,1-4H3. The molecule has 12 heavy (non-hydrogen) atoms. The third-order valence-corrected chi connectivity index (χ3v) is 1.76. The van der Waals surface area contributed by atoms with Crippen LogP contribution in [0, 0.1) is 11.8 Å². The first kappa shape index (κ1) is 10.9. The van der Waals surface area contributed by atoms with Gasteiger partial charge in [-0.3, -0.25) is 4.79 Å². The molecule has 3 nitrogen and oxygen atoms in total. The molecule has 0 aromatic carbocycles. The maximum Gasteiger partial charge on any atom is 0.313 e. The lowest BCUT2D eigenvalue weighted by molar-refractivity contribution is -0.143. The SMILES string of the molecule is COC(=O)C(C)C(=C=O)C(C)C. The Hall–Kier alpha value is -1.08. The average molecular weight is 170 g/mol. The molecule has 3 heteroatoms. The highest BCUT2D eigenvalue weighted by Gasteiger charge is 2.21. The number of hydrogen-bond acceptors (Lipinski definition) is 3. The van der Waals surface area contributed by atoms with Gasteiger partial charge in [0, 0.05) is 5.57 Å². The molecule has 0 N–H and O–H groups in total. The zero-order valence-electron chi connectivity index (χ0n) is 7.88. The van der Waals surface area contributed by atoms with Gasteiger partial charge in [-0.25, -0.2) is 4.79 Å². The molecule has 1 atom stereocenters. The number of rotatable bonds is 3. The molecule has 0 bridgehead atoms. The normalized spacial score (nSPS) is 12.1. The van der Waals surface area contributed by atoms with E-state index >= 15 is 0 Å². The molecular weight excluding hydrogens is 156 g/mol. The summed E-state index contributed by atoms with van der Waals surface area (Å²) in [6.45, 7) is 5.34. The molecule has 0 saturated carbocycles. The van der Waals surface area contributed by atoms with Gasteiger partial charge < -0.3 is 4.74 Å². The van der Waals surface area contributed by atoms with Gasteiger partial charge in [-0.2, -0.15) is 0 Å². The Labute approximate surface area is 72.4 Å². The summed E-state index contributed by atoms with van der Waals surface area (Å²) in [6.07, 6.45) is 0. The third-order valence-electron chi connectivity index (χ3n) is 1.76. The Morgan fingerprint density at radius 3 is 2.08 bits per heavy atom. The highest BCUT2D eigenvalue weighted by atomic mass is 16.5. The molecule has 0 aliphatic carbocycles. The number of ether oxygens (including phenoxy) is 1. The van der Waals surface area contributed by atoms with Gasteiger partial charge in [0.15, 0.2) is 0 Å². The average Bonchev–Trinajstić information content (AvgIpc) is 2.03. The molecule has 1 unspecified atom stereocenters. The molecule has 0 aliphatic heterocycles. The second-order valence-electron chi connectivity index (χ2n) is 2.96. The van der Waals surface area contributed by atoms with Crippen LogP contribution in [0.1, 0.15) is 20.8 Å². The number of esters is 1. The summed E-state index contributed by atoms with van der Waals surface area (Å²) in [5, 5.41) is 0. The first-order chi connectivity index (χ1) is 5.54. The predicted molar refractivity (Wildman–Crippen MR) is 45.2 cm³/mol.